The maximum absolute atomic E-state index is 14.7. The third-order valence-corrected chi connectivity index (χ3v) is 5.48. The summed E-state index contributed by atoms with van der Waals surface area (Å²) in [7, 11) is 3.45. The quantitative estimate of drug-likeness (QED) is 0.450. The average molecular weight is 442 g/mol. The second kappa shape index (κ2) is 9.56. The van der Waals surface area contributed by atoms with Gasteiger partial charge in [0.2, 0.25) is 11.9 Å². The predicted octanol–water partition coefficient (Wildman–Crippen LogP) is 4.34. The van der Waals surface area contributed by atoms with Gasteiger partial charge in [-0.2, -0.15) is 4.39 Å². The van der Waals surface area contributed by atoms with Crippen LogP contribution in [0.15, 0.2) is 79.1 Å². The van der Waals surface area contributed by atoms with Crippen LogP contribution < -0.4 is 5.73 Å². The molecule has 166 valence electrons. The van der Waals surface area contributed by atoms with Crippen molar-refractivity contribution >= 4 is 11.9 Å². The summed E-state index contributed by atoms with van der Waals surface area (Å²) in [5.41, 5.74) is 10.3. The lowest BCUT2D eigenvalue weighted by molar-refractivity contribution is 0.0827. The highest BCUT2D eigenvalue weighted by Gasteiger charge is 2.22. The van der Waals surface area contributed by atoms with Crippen molar-refractivity contribution in [1.29, 1.82) is 0 Å². The van der Waals surface area contributed by atoms with Gasteiger partial charge in [-0.05, 0) is 47.4 Å². The molecule has 1 amide bonds. The molecule has 0 fully saturated rings. The van der Waals surface area contributed by atoms with Gasteiger partial charge in [0.05, 0.1) is 5.69 Å². The smallest absolute Gasteiger partial charge is 0.253 e. The number of carbonyl (C=O) groups excluding carboxylic acids is 1. The Labute approximate surface area is 192 Å². The Balaban J connectivity index is 1.79. The van der Waals surface area contributed by atoms with Crippen LogP contribution in [0.4, 0.5) is 10.3 Å². The Kier molecular flexibility index (Phi) is 6.40. The number of hydrogen-bond donors (Lipinski definition) is 1. The number of nitrogens with zero attached hydrogens (tertiary/aromatic N) is 4. The number of amides is 1. The normalized spacial score (nSPS) is 11.7. The van der Waals surface area contributed by atoms with Crippen LogP contribution in [0.25, 0.3) is 11.1 Å². The van der Waals surface area contributed by atoms with Gasteiger partial charge in [-0.3, -0.25) is 4.79 Å². The molecule has 0 saturated carbocycles. The topological polar surface area (TPSA) is 85.0 Å². The fraction of sp³-hybridized carbons (Fsp3) is 0.154. The van der Waals surface area contributed by atoms with Crippen LogP contribution in [-0.2, 0) is 6.42 Å². The molecule has 0 aliphatic heterocycles. The molecule has 2 aromatic heterocycles. The van der Waals surface area contributed by atoms with E-state index in [2.05, 4.69) is 15.0 Å². The lowest BCUT2D eigenvalue weighted by Gasteiger charge is -2.20. The van der Waals surface area contributed by atoms with E-state index in [-0.39, 0.29) is 11.9 Å². The first-order chi connectivity index (χ1) is 15.9. The summed E-state index contributed by atoms with van der Waals surface area (Å²) in [5, 5.41) is 0. The highest BCUT2D eigenvalue weighted by molar-refractivity contribution is 5.95. The van der Waals surface area contributed by atoms with Gasteiger partial charge in [0, 0.05) is 43.5 Å². The fourth-order valence-electron chi connectivity index (χ4n) is 3.89. The SMILES string of the molecule is CN(C)C(=O)c1cccc(-c2ccccc2C[C@@H](c2ccnc(N)n2)c2cccnc2F)c1. The number of aromatic nitrogens is 3. The molecule has 0 unspecified atom stereocenters. The third kappa shape index (κ3) is 4.87. The Hall–Kier alpha value is -4.13. The van der Waals surface area contributed by atoms with Crippen molar-refractivity contribution in [2.75, 3.05) is 19.8 Å². The summed E-state index contributed by atoms with van der Waals surface area (Å²) in [4.78, 5) is 26.2. The molecule has 0 aliphatic carbocycles. The number of nitrogens with two attached hydrogens (primary N) is 1. The highest BCUT2D eigenvalue weighted by Crippen LogP contribution is 2.33. The van der Waals surface area contributed by atoms with Crippen LogP contribution in [-0.4, -0.2) is 39.9 Å². The van der Waals surface area contributed by atoms with Gasteiger partial charge in [0.1, 0.15) is 0 Å². The Bertz CT molecular complexity index is 1290. The zero-order valence-corrected chi connectivity index (χ0v) is 18.4. The first-order valence-electron chi connectivity index (χ1n) is 10.5. The van der Waals surface area contributed by atoms with Crippen LogP contribution in [0, 0.1) is 5.95 Å². The van der Waals surface area contributed by atoms with Crippen LogP contribution in [0.1, 0.15) is 33.1 Å². The van der Waals surface area contributed by atoms with E-state index in [0.29, 0.717) is 23.2 Å². The van der Waals surface area contributed by atoms with E-state index in [1.807, 2.05) is 42.5 Å². The van der Waals surface area contributed by atoms with Crippen molar-refractivity contribution < 1.29 is 9.18 Å². The molecule has 2 N–H and O–H groups in total. The van der Waals surface area contributed by atoms with Crippen LogP contribution >= 0.6 is 0 Å². The molecule has 7 heteroatoms. The summed E-state index contributed by atoms with van der Waals surface area (Å²) in [6.45, 7) is 0. The fourth-order valence-corrected chi connectivity index (χ4v) is 3.89. The van der Waals surface area contributed by atoms with Crippen LogP contribution in [0.3, 0.4) is 0 Å². The van der Waals surface area contributed by atoms with Gasteiger partial charge in [-0.1, -0.05) is 42.5 Å². The molecule has 6 nitrogen and oxygen atoms in total. The van der Waals surface area contributed by atoms with E-state index >= 15 is 0 Å². The summed E-state index contributed by atoms with van der Waals surface area (Å²) in [5.74, 6) is -0.904. The average Bonchev–Trinajstić information content (AvgIpc) is 2.83. The monoisotopic (exact) mass is 441 g/mol. The zero-order valence-electron chi connectivity index (χ0n) is 18.4. The van der Waals surface area contributed by atoms with Gasteiger partial charge >= 0.3 is 0 Å². The lowest BCUT2D eigenvalue weighted by Crippen LogP contribution is -2.21. The number of carbonyl (C=O) groups is 1. The van der Waals surface area contributed by atoms with Crippen LogP contribution in [0.2, 0.25) is 0 Å². The molecule has 0 bridgehead atoms. The van der Waals surface area contributed by atoms with Gasteiger partial charge in [-0.15, -0.1) is 0 Å². The minimum Gasteiger partial charge on any atom is -0.368 e. The van der Waals surface area contributed by atoms with Gasteiger partial charge < -0.3 is 10.6 Å². The van der Waals surface area contributed by atoms with Gasteiger partial charge in [-0.25, -0.2) is 15.0 Å². The number of rotatable bonds is 6. The number of halogens is 1. The molecular formula is C26H24FN5O. The first-order valence-corrected chi connectivity index (χ1v) is 10.5. The first kappa shape index (κ1) is 22.1. The Morgan fingerprint density at radius 3 is 2.58 bits per heavy atom. The predicted molar refractivity (Wildman–Crippen MR) is 126 cm³/mol. The molecule has 0 radical (unpaired) electrons. The molecular weight excluding hydrogens is 417 g/mol. The molecule has 33 heavy (non-hydrogen) atoms. The molecule has 1 atom stereocenters. The maximum atomic E-state index is 14.7. The summed E-state index contributed by atoms with van der Waals surface area (Å²) in [6.07, 6.45) is 3.45. The lowest BCUT2D eigenvalue weighted by atomic mass is 9.86. The Morgan fingerprint density at radius 2 is 1.82 bits per heavy atom. The van der Waals surface area contributed by atoms with Crippen molar-refractivity contribution in [2.24, 2.45) is 0 Å². The third-order valence-electron chi connectivity index (χ3n) is 5.48. The summed E-state index contributed by atoms with van der Waals surface area (Å²) < 4.78 is 14.7. The second-order valence-corrected chi connectivity index (χ2v) is 7.92. The van der Waals surface area contributed by atoms with Crippen molar-refractivity contribution in [3.8, 4) is 11.1 Å². The van der Waals surface area contributed by atoms with Gasteiger partial charge in [0.25, 0.3) is 5.91 Å². The van der Waals surface area contributed by atoms with E-state index in [4.69, 9.17) is 5.73 Å². The van der Waals surface area contributed by atoms with E-state index in [9.17, 15) is 9.18 Å². The molecule has 4 aromatic rings. The zero-order chi connectivity index (χ0) is 23.4. The maximum Gasteiger partial charge on any atom is 0.253 e. The standard InChI is InChI=1S/C26H24FN5O/c1-32(2)25(33)19-9-5-8-17(15-19)20-10-4-3-7-18(20)16-22(21-11-6-13-29-24(21)27)23-12-14-30-26(28)31-23/h3-15,22H,16H2,1-2H3,(H2,28,30,31)/t22-/m1/s1. The number of hydrogen-bond acceptors (Lipinski definition) is 5. The molecule has 0 saturated heterocycles. The largest absolute Gasteiger partial charge is 0.368 e. The number of nitrogen functional groups attached to an aromatic ring is 1. The number of anilines is 1. The van der Waals surface area contributed by atoms with Crippen molar-refractivity contribution in [1.82, 2.24) is 19.9 Å². The summed E-state index contributed by atoms with van der Waals surface area (Å²) >= 11 is 0. The van der Waals surface area contributed by atoms with Crippen LogP contribution in [0.5, 0.6) is 0 Å². The molecule has 4 rings (SSSR count). The number of benzene rings is 2. The summed E-state index contributed by atoms with van der Waals surface area (Å²) in [6, 6.07) is 20.6. The minimum absolute atomic E-state index is 0.0684. The van der Waals surface area contributed by atoms with Crippen molar-refractivity contribution in [2.45, 2.75) is 12.3 Å². The van der Waals surface area contributed by atoms with E-state index in [0.717, 1.165) is 16.7 Å². The van der Waals surface area contributed by atoms with Crippen molar-refractivity contribution in [3.63, 3.8) is 0 Å². The van der Waals surface area contributed by atoms with E-state index in [1.165, 1.54) is 6.20 Å². The number of pyridine rings is 1. The molecule has 0 aliphatic rings. The van der Waals surface area contributed by atoms with Gasteiger partial charge in [0.15, 0.2) is 0 Å². The molecule has 2 aromatic carbocycles. The Morgan fingerprint density at radius 1 is 1.00 bits per heavy atom. The second-order valence-electron chi connectivity index (χ2n) is 7.92. The highest BCUT2D eigenvalue weighted by atomic mass is 19.1. The van der Waals surface area contributed by atoms with Crippen molar-refractivity contribution in [3.05, 3.63) is 107 Å². The van der Waals surface area contributed by atoms with E-state index in [1.54, 1.807) is 49.5 Å². The molecule has 0 spiro atoms. The molecule has 2 heterocycles. The van der Waals surface area contributed by atoms with E-state index < -0.39 is 11.9 Å². The minimum atomic E-state index is -0.546.